The van der Waals surface area contributed by atoms with Crippen molar-refractivity contribution >= 4 is 15.7 Å². The fraction of sp³-hybridized carbons (Fsp3) is 0.286. The first-order chi connectivity index (χ1) is 13.1. The molecule has 0 atom stereocenters. The molecule has 1 N–H and O–H groups in total. The third-order valence-corrected chi connectivity index (χ3v) is 6.34. The number of nitrogens with one attached hydrogen (secondary N) is 1. The first-order valence-corrected chi connectivity index (χ1v) is 10.6. The van der Waals surface area contributed by atoms with Crippen LogP contribution in [0.1, 0.15) is 36.6 Å². The number of hydrogen-bond acceptors (Lipinski definition) is 3. The van der Waals surface area contributed by atoms with E-state index in [0.29, 0.717) is 11.4 Å². The lowest BCUT2D eigenvalue weighted by Gasteiger charge is -2.12. The molecule has 2 aromatic carbocycles. The monoisotopic (exact) mass is 399 g/mol. The van der Waals surface area contributed by atoms with Gasteiger partial charge in [0.2, 0.25) is 0 Å². The second-order valence-corrected chi connectivity index (χ2v) is 8.89. The highest BCUT2D eigenvalue weighted by Crippen LogP contribution is 2.21. The Kier molecular flexibility index (Phi) is 5.21. The van der Waals surface area contributed by atoms with Crippen molar-refractivity contribution < 1.29 is 8.42 Å². The molecule has 1 heterocycles. The SMILES string of the molecule is Cc1ccccc1NS(=O)(=O)c1ccc(-n2c(=O)c(C(C)C)c(C)n2C)cc1. The van der Waals surface area contributed by atoms with Gasteiger partial charge in [0.05, 0.1) is 16.3 Å². The summed E-state index contributed by atoms with van der Waals surface area (Å²) in [6.45, 7) is 7.73. The van der Waals surface area contributed by atoms with Crippen molar-refractivity contribution in [3.63, 3.8) is 0 Å². The number of sulfonamides is 1. The topological polar surface area (TPSA) is 73.1 Å². The largest absolute Gasteiger partial charge is 0.285 e. The van der Waals surface area contributed by atoms with Crippen LogP contribution in [-0.4, -0.2) is 17.8 Å². The van der Waals surface area contributed by atoms with Crippen LogP contribution in [0.15, 0.2) is 58.2 Å². The Morgan fingerprint density at radius 2 is 1.57 bits per heavy atom. The number of anilines is 1. The van der Waals surface area contributed by atoms with E-state index in [4.69, 9.17) is 0 Å². The quantitative estimate of drug-likeness (QED) is 0.711. The minimum absolute atomic E-state index is 0.0800. The van der Waals surface area contributed by atoms with Gasteiger partial charge in [-0.15, -0.1) is 0 Å². The summed E-state index contributed by atoms with van der Waals surface area (Å²) < 4.78 is 31.4. The number of nitrogens with zero attached hydrogens (tertiary/aromatic N) is 2. The molecule has 28 heavy (non-hydrogen) atoms. The highest BCUT2D eigenvalue weighted by atomic mass is 32.2. The average molecular weight is 400 g/mol. The molecule has 0 bridgehead atoms. The van der Waals surface area contributed by atoms with Gasteiger partial charge in [-0.25, -0.2) is 13.1 Å². The minimum atomic E-state index is -3.72. The molecule has 0 amide bonds. The maximum atomic E-state index is 12.8. The Bertz CT molecular complexity index is 1170. The summed E-state index contributed by atoms with van der Waals surface area (Å²) in [5.41, 5.74) is 3.59. The van der Waals surface area contributed by atoms with E-state index >= 15 is 0 Å². The molecule has 0 radical (unpaired) electrons. The lowest BCUT2D eigenvalue weighted by molar-refractivity contribution is 0.601. The number of aromatic nitrogens is 2. The number of para-hydroxylation sites is 1. The maximum Gasteiger partial charge on any atom is 0.275 e. The van der Waals surface area contributed by atoms with Crippen LogP contribution in [0.4, 0.5) is 5.69 Å². The van der Waals surface area contributed by atoms with Crippen molar-refractivity contribution in [2.45, 2.75) is 38.5 Å². The molecule has 3 rings (SSSR count). The molecule has 3 aromatic rings. The first-order valence-electron chi connectivity index (χ1n) is 9.11. The van der Waals surface area contributed by atoms with Gasteiger partial charge in [-0.1, -0.05) is 32.0 Å². The van der Waals surface area contributed by atoms with Crippen molar-refractivity contribution in [1.82, 2.24) is 9.36 Å². The van der Waals surface area contributed by atoms with Crippen molar-refractivity contribution in [2.24, 2.45) is 7.05 Å². The second-order valence-electron chi connectivity index (χ2n) is 7.21. The molecule has 0 saturated heterocycles. The normalized spacial score (nSPS) is 11.8. The zero-order valence-electron chi connectivity index (χ0n) is 16.7. The molecular formula is C21H25N3O3S. The third kappa shape index (κ3) is 3.49. The zero-order valence-corrected chi connectivity index (χ0v) is 17.5. The Morgan fingerprint density at radius 3 is 2.11 bits per heavy atom. The maximum absolute atomic E-state index is 12.8. The van der Waals surface area contributed by atoms with Crippen LogP contribution in [0.3, 0.4) is 0 Å². The number of hydrogen-bond donors (Lipinski definition) is 1. The second kappa shape index (κ2) is 7.31. The summed E-state index contributed by atoms with van der Waals surface area (Å²) in [5.74, 6) is 0.109. The highest BCUT2D eigenvalue weighted by molar-refractivity contribution is 7.92. The van der Waals surface area contributed by atoms with E-state index in [0.717, 1.165) is 16.8 Å². The number of rotatable bonds is 5. The summed E-state index contributed by atoms with van der Waals surface area (Å²) in [7, 11) is -1.89. The van der Waals surface area contributed by atoms with E-state index in [9.17, 15) is 13.2 Å². The van der Waals surface area contributed by atoms with Gasteiger partial charge in [0, 0.05) is 18.3 Å². The van der Waals surface area contributed by atoms with E-state index in [1.54, 1.807) is 33.6 Å². The van der Waals surface area contributed by atoms with Crippen LogP contribution in [0, 0.1) is 13.8 Å². The van der Waals surface area contributed by atoms with E-state index in [1.165, 1.54) is 12.1 Å². The molecule has 6 nitrogen and oxygen atoms in total. The Balaban J connectivity index is 1.98. The Morgan fingerprint density at radius 1 is 0.964 bits per heavy atom. The van der Waals surface area contributed by atoms with Gasteiger partial charge in [-0.2, -0.15) is 0 Å². The summed E-state index contributed by atoms with van der Waals surface area (Å²) >= 11 is 0. The highest BCUT2D eigenvalue weighted by Gasteiger charge is 2.20. The lowest BCUT2D eigenvalue weighted by atomic mass is 10.0. The van der Waals surface area contributed by atoms with E-state index in [-0.39, 0.29) is 16.4 Å². The molecule has 0 unspecified atom stereocenters. The molecule has 0 spiro atoms. The van der Waals surface area contributed by atoms with Gasteiger partial charge in [-0.05, 0) is 55.7 Å². The summed E-state index contributed by atoms with van der Waals surface area (Å²) in [4.78, 5) is 13.0. The predicted molar refractivity (Wildman–Crippen MR) is 112 cm³/mol. The van der Waals surface area contributed by atoms with Crippen molar-refractivity contribution in [3.8, 4) is 5.69 Å². The fourth-order valence-electron chi connectivity index (χ4n) is 3.34. The molecule has 148 valence electrons. The molecule has 7 heteroatoms. The molecule has 0 fully saturated rings. The van der Waals surface area contributed by atoms with Gasteiger partial charge in [0.15, 0.2) is 0 Å². The van der Waals surface area contributed by atoms with Gasteiger partial charge < -0.3 is 0 Å². The molecular weight excluding hydrogens is 374 g/mol. The van der Waals surface area contributed by atoms with Gasteiger partial charge >= 0.3 is 0 Å². The average Bonchev–Trinajstić information content (AvgIpc) is 2.86. The van der Waals surface area contributed by atoms with Gasteiger partial charge in [-0.3, -0.25) is 14.2 Å². The van der Waals surface area contributed by atoms with Crippen LogP contribution in [0.2, 0.25) is 0 Å². The van der Waals surface area contributed by atoms with Crippen molar-refractivity contribution in [1.29, 1.82) is 0 Å². The van der Waals surface area contributed by atoms with E-state index < -0.39 is 10.0 Å². The number of aryl methyl sites for hydroxylation is 1. The van der Waals surface area contributed by atoms with Crippen LogP contribution < -0.4 is 10.3 Å². The molecule has 0 aliphatic heterocycles. The summed E-state index contributed by atoms with van der Waals surface area (Å²) in [6.07, 6.45) is 0. The van der Waals surface area contributed by atoms with Crippen molar-refractivity contribution in [3.05, 3.63) is 75.7 Å². The third-order valence-electron chi connectivity index (χ3n) is 4.96. The fourth-order valence-corrected chi connectivity index (χ4v) is 4.47. The minimum Gasteiger partial charge on any atom is -0.285 e. The van der Waals surface area contributed by atoms with Gasteiger partial charge in [0.1, 0.15) is 0 Å². The lowest BCUT2D eigenvalue weighted by Crippen LogP contribution is -2.21. The van der Waals surface area contributed by atoms with Crippen molar-refractivity contribution in [2.75, 3.05) is 4.72 Å². The van der Waals surface area contributed by atoms with Crippen LogP contribution in [0.25, 0.3) is 5.69 Å². The van der Waals surface area contributed by atoms with E-state index in [1.807, 2.05) is 46.9 Å². The van der Waals surface area contributed by atoms with E-state index in [2.05, 4.69) is 4.72 Å². The Labute approximate surface area is 165 Å². The molecule has 0 aliphatic rings. The molecule has 1 aromatic heterocycles. The summed E-state index contributed by atoms with van der Waals surface area (Å²) in [6, 6.07) is 13.5. The first kappa shape index (κ1) is 19.9. The standard InChI is InChI=1S/C21H25N3O3S/c1-14(2)20-16(4)23(5)24(21(20)25)17-10-12-18(13-11-17)28(26,27)22-19-9-7-6-8-15(19)3/h6-14,22H,1-5H3. The van der Waals surface area contributed by atoms with Crippen LogP contribution in [0.5, 0.6) is 0 Å². The van der Waals surface area contributed by atoms with Crippen LogP contribution in [-0.2, 0) is 17.1 Å². The predicted octanol–water partition coefficient (Wildman–Crippen LogP) is 3.72. The molecule has 0 saturated carbocycles. The number of benzene rings is 2. The van der Waals surface area contributed by atoms with Crippen LogP contribution >= 0.6 is 0 Å². The smallest absolute Gasteiger partial charge is 0.275 e. The zero-order chi connectivity index (χ0) is 20.6. The summed E-state index contributed by atoms with van der Waals surface area (Å²) in [5, 5.41) is 0. The molecule has 0 aliphatic carbocycles. The van der Waals surface area contributed by atoms with Gasteiger partial charge in [0.25, 0.3) is 15.6 Å². The Hall–Kier alpha value is -2.80.